The molecule has 0 saturated heterocycles. The van der Waals surface area contributed by atoms with Gasteiger partial charge in [-0.1, -0.05) is 42.5 Å². The lowest BCUT2D eigenvalue weighted by molar-refractivity contribution is -0.119. The topological polar surface area (TPSA) is 98.8 Å². The van der Waals surface area contributed by atoms with Crippen molar-refractivity contribution in [3.05, 3.63) is 76.7 Å². The highest BCUT2D eigenvalue weighted by atomic mass is 32.2. The van der Waals surface area contributed by atoms with E-state index in [1.54, 1.807) is 43.5 Å². The first-order valence-corrected chi connectivity index (χ1v) is 12.6. The van der Waals surface area contributed by atoms with Crippen molar-refractivity contribution in [3.8, 4) is 10.4 Å². The molecule has 9 heteroatoms. The third kappa shape index (κ3) is 6.84. The lowest BCUT2D eigenvalue weighted by Gasteiger charge is -2.08. The van der Waals surface area contributed by atoms with Crippen molar-refractivity contribution in [3.63, 3.8) is 0 Å². The van der Waals surface area contributed by atoms with Gasteiger partial charge >= 0.3 is 11.9 Å². The monoisotopic (exact) mass is 485 g/mol. The van der Waals surface area contributed by atoms with E-state index in [0.717, 1.165) is 16.0 Å². The Morgan fingerprint density at radius 1 is 0.970 bits per heavy atom. The number of carbonyl (C=O) groups excluding carboxylic acids is 3. The van der Waals surface area contributed by atoms with Gasteiger partial charge in [-0.2, -0.15) is 0 Å². The molecule has 0 aliphatic rings. The van der Waals surface area contributed by atoms with Gasteiger partial charge in [0.1, 0.15) is 4.88 Å². The van der Waals surface area contributed by atoms with Crippen LogP contribution in [0.5, 0.6) is 0 Å². The second-order valence-corrected chi connectivity index (χ2v) is 9.47. The number of hydrogen-bond donors (Lipinski definition) is 1. The molecule has 172 valence electrons. The minimum atomic E-state index is -1.04. The molecule has 1 atom stereocenters. The predicted octanol–water partition coefficient (Wildman–Crippen LogP) is 4.27. The van der Waals surface area contributed by atoms with Crippen LogP contribution in [0.3, 0.4) is 0 Å². The summed E-state index contributed by atoms with van der Waals surface area (Å²) in [5.41, 5.74) is 2.19. The largest absolute Gasteiger partial charge is 0.462 e. The van der Waals surface area contributed by atoms with Crippen molar-refractivity contribution in [2.45, 2.75) is 12.7 Å². The molecule has 0 fully saturated rings. The smallest absolute Gasteiger partial charge is 0.350 e. The van der Waals surface area contributed by atoms with Crippen LogP contribution >= 0.6 is 11.3 Å². The molecule has 0 aliphatic heterocycles. The van der Waals surface area contributed by atoms with Crippen LogP contribution in [-0.4, -0.2) is 41.5 Å². The van der Waals surface area contributed by atoms with E-state index in [4.69, 9.17) is 9.47 Å². The van der Waals surface area contributed by atoms with E-state index >= 15 is 0 Å². The molecule has 1 N–H and O–H groups in total. The zero-order chi connectivity index (χ0) is 23.8. The summed E-state index contributed by atoms with van der Waals surface area (Å²) in [6.07, 6.45) is 1.58. The van der Waals surface area contributed by atoms with Crippen LogP contribution < -0.4 is 5.32 Å². The summed E-state index contributed by atoms with van der Waals surface area (Å²) in [6.45, 7) is 1.38. The SMILES string of the molecule is CCOC(=O)c1sc(-c2ccccc2)cc1NC(=O)COC(=O)c1cccc(CS(C)=O)c1. The highest BCUT2D eigenvalue weighted by Crippen LogP contribution is 2.35. The molecule has 0 spiro atoms. The first kappa shape index (κ1) is 24.3. The van der Waals surface area contributed by atoms with Crippen LogP contribution in [0.1, 0.15) is 32.5 Å². The minimum absolute atomic E-state index is 0.201. The van der Waals surface area contributed by atoms with Gasteiger partial charge in [-0.3, -0.25) is 9.00 Å². The number of carbonyl (C=O) groups is 3. The number of rotatable bonds is 9. The number of nitrogens with one attached hydrogen (secondary N) is 1. The number of ether oxygens (including phenoxy) is 2. The van der Waals surface area contributed by atoms with Gasteiger partial charge in [-0.15, -0.1) is 11.3 Å². The van der Waals surface area contributed by atoms with Crippen LogP contribution in [0.4, 0.5) is 5.69 Å². The molecule has 3 rings (SSSR count). The molecule has 0 saturated carbocycles. The number of hydrogen-bond acceptors (Lipinski definition) is 7. The lowest BCUT2D eigenvalue weighted by Crippen LogP contribution is -2.21. The van der Waals surface area contributed by atoms with Crippen molar-refractivity contribution in [2.24, 2.45) is 0 Å². The highest BCUT2D eigenvalue weighted by molar-refractivity contribution is 7.83. The second kappa shape index (κ2) is 11.5. The quantitative estimate of drug-likeness (QED) is 0.455. The Balaban J connectivity index is 1.69. The van der Waals surface area contributed by atoms with E-state index in [-0.39, 0.29) is 17.0 Å². The van der Waals surface area contributed by atoms with E-state index in [1.165, 1.54) is 11.3 Å². The summed E-state index contributed by atoms with van der Waals surface area (Å²) in [7, 11) is -1.04. The molecule has 0 bridgehead atoms. The maximum absolute atomic E-state index is 12.5. The Hall–Kier alpha value is -3.30. The Labute approximate surface area is 198 Å². The van der Waals surface area contributed by atoms with Gasteiger partial charge < -0.3 is 14.8 Å². The Kier molecular flexibility index (Phi) is 8.51. The van der Waals surface area contributed by atoms with E-state index in [0.29, 0.717) is 11.4 Å². The summed E-state index contributed by atoms with van der Waals surface area (Å²) in [5.74, 6) is -1.48. The van der Waals surface area contributed by atoms with Gasteiger partial charge in [0, 0.05) is 27.7 Å². The molecule has 7 nitrogen and oxygen atoms in total. The third-order valence-corrected chi connectivity index (χ3v) is 6.30. The van der Waals surface area contributed by atoms with Gasteiger partial charge in [-0.25, -0.2) is 9.59 Å². The van der Waals surface area contributed by atoms with Gasteiger partial charge in [0.05, 0.1) is 17.9 Å². The fourth-order valence-electron chi connectivity index (χ4n) is 3.00. The number of amides is 1. The van der Waals surface area contributed by atoms with E-state index in [2.05, 4.69) is 5.32 Å². The number of esters is 2. The highest BCUT2D eigenvalue weighted by Gasteiger charge is 2.20. The molecular weight excluding hydrogens is 462 g/mol. The van der Waals surface area contributed by atoms with Crippen LogP contribution in [0, 0.1) is 0 Å². The average molecular weight is 486 g/mol. The molecule has 0 aliphatic carbocycles. The van der Waals surface area contributed by atoms with Crippen molar-refractivity contribution >= 4 is 45.7 Å². The van der Waals surface area contributed by atoms with Crippen molar-refractivity contribution in [2.75, 3.05) is 24.8 Å². The molecule has 1 amide bonds. The van der Waals surface area contributed by atoms with Crippen LogP contribution in [0.2, 0.25) is 0 Å². The first-order valence-electron chi connectivity index (χ1n) is 10.1. The molecule has 33 heavy (non-hydrogen) atoms. The van der Waals surface area contributed by atoms with Gasteiger partial charge in [-0.05, 0) is 36.2 Å². The maximum atomic E-state index is 12.5. The Bertz CT molecular complexity index is 1170. The summed E-state index contributed by atoms with van der Waals surface area (Å²) >= 11 is 1.21. The van der Waals surface area contributed by atoms with Gasteiger partial charge in [0.25, 0.3) is 5.91 Å². The molecule has 3 aromatic rings. The Morgan fingerprint density at radius 2 is 1.73 bits per heavy atom. The fourth-order valence-corrected chi connectivity index (χ4v) is 4.66. The molecular formula is C24H23NO6S2. The predicted molar refractivity (Wildman–Crippen MR) is 129 cm³/mol. The number of benzene rings is 2. The van der Waals surface area contributed by atoms with Gasteiger partial charge in [0.15, 0.2) is 6.61 Å². The zero-order valence-electron chi connectivity index (χ0n) is 18.2. The summed E-state index contributed by atoms with van der Waals surface area (Å²) < 4.78 is 21.6. The average Bonchev–Trinajstić information content (AvgIpc) is 3.22. The maximum Gasteiger partial charge on any atom is 0.350 e. The number of thiophene rings is 1. The normalized spacial score (nSPS) is 11.5. The minimum Gasteiger partial charge on any atom is -0.462 e. The molecule has 1 heterocycles. The van der Waals surface area contributed by atoms with Crippen molar-refractivity contribution < 1.29 is 28.1 Å². The first-order chi connectivity index (χ1) is 15.9. The Morgan fingerprint density at radius 3 is 2.42 bits per heavy atom. The molecule has 2 aromatic carbocycles. The van der Waals surface area contributed by atoms with Crippen molar-refractivity contribution in [1.82, 2.24) is 0 Å². The molecule has 1 unspecified atom stereocenters. The van der Waals surface area contributed by atoms with Crippen LogP contribution in [-0.2, 0) is 30.8 Å². The van der Waals surface area contributed by atoms with Crippen LogP contribution in [0.15, 0.2) is 60.7 Å². The second-order valence-electron chi connectivity index (χ2n) is 6.98. The van der Waals surface area contributed by atoms with E-state index < -0.39 is 35.3 Å². The fraction of sp³-hybridized carbons (Fsp3) is 0.208. The molecule has 0 radical (unpaired) electrons. The summed E-state index contributed by atoms with van der Waals surface area (Å²) in [6, 6.07) is 17.7. The van der Waals surface area contributed by atoms with E-state index in [9.17, 15) is 18.6 Å². The summed E-state index contributed by atoms with van der Waals surface area (Å²) in [4.78, 5) is 38.2. The summed E-state index contributed by atoms with van der Waals surface area (Å²) in [5, 5.41) is 2.64. The zero-order valence-corrected chi connectivity index (χ0v) is 19.8. The van der Waals surface area contributed by atoms with E-state index in [1.807, 2.05) is 30.3 Å². The number of anilines is 1. The van der Waals surface area contributed by atoms with Crippen LogP contribution in [0.25, 0.3) is 10.4 Å². The standard InChI is InChI=1S/C24H23NO6S2/c1-3-30-24(28)22-19(13-20(32-22)17-9-5-4-6-10-17)25-21(26)14-31-23(27)18-11-7-8-16(12-18)15-33(2)29/h4-13H,3,14-15H2,1-2H3,(H,25,26). The lowest BCUT2D eigenvalue weighted by atomic mass is 10.1. The third-order valence-electron chi connectivity index (χ3n) is 4.39. The van der Waals surface area contributed by atoms with Gasteiger partial charge in [0.2, 0.25) is 0 Å². The van der Waals surface area contributed by atoms with Crippen molar-refractivity contribution in [1.29, 1.82) is 0 Å². The molecule has 1 aromatic heterocycles.